The molecular weight excluding hydrogens is 430 g/mol. The van der Waals surface area contributed by atoms with E-state index in [2.05, 4.69) is 78.5 Å². The summed E-state index contributed by atoms with van der Waals surface area (Å²) in [7, 11) is 0. The number of rotatable bonds is 6. The number of carbonyl (C=O) groups excluding carboxylic acids is 1. The van der Waals surface area contributed by atoms with Crippen LogP contribution in [0.2, 0.25) is 0 Å². The molecule has 0 aliphatic carbocycles. The summed E-state index contributed by atoms with van der Waals surface area (Å²) in [6.45, 7) is 8.31. The molecule has 4 aromatic rings. The lowest BCUT2D eigenvalue weighted by Gasteiger charge is -2.37. The fourth-order valence-electron chi connectivity index (χ4n) is 5.23. The van der Waals surface area contributed by atoms with Crippen molar-refractivity contribution in [2.24, 2.45) is 0 Å². The van der Waals surface area contributed by atoms with Crippen LogP contribution in [0.5, 0.6) is 0 Å². The van der Waals surface area contributed by atoms with Gasteiger partial charge >= 0.3 is 0 Å². The highest BCUT2D eigenvalue weighted by molar-refractivity contribution is 5.93. The van der Waals surface area contributed by atoms with Crippen LogP contribution in [-0.2, 0) is 0 Å². The van der Waals surface area contributed by atoms with E-state index in [1.807, 2.05) is 0 Å². The Hall–Kier alpha value is -3.79. The van der Waals surface area contributed by atoms with Gasteiger partial charge in [-0.3, -0.25) is 14.8 Å². The van der Waals surface area contributed by atoms with E-state index in [4.69, 9.17) is 0 Å². The summed E-state index contributed by atoms with van der Waals surface area (Å²) in [5, 5.41) is 14.7. The van der Waals surface area contributed by atoms with Gasteiger partial charge in [-0.1, -0.05) is 0 Å². The smallest absolute Gasteiger partial charge is 0.199 e. The summed E-state index contributed by atoms with van der Waals surface area (Å²) >= 11 is 0. The number of carbonyl (C=O) groups is 1. The van der Waals surface area contributed by atoms with Gasteiger partial charge in [0.2, 0.25) is 0 Å². The number of hydrogen-bond donors (Lipinski definition) is 2. The zero-order chi connectivity index (χ0) is 23.4. The molecular formula is C24H27N9O. The van der Waals surface area contributed by atoms with Crippen LogP contribution in [0.15, 0.2) is 42.9 Å². The van der Waals surface area contributed by atoms with Gasteiger partial charge in [-0.25, -0.2) is 14.5 Å². The van der Waals surface area contributed by atoms with Crippen LogP contribution < -0.4 is 10.2 Å². The monoisotopic (exact) mass is 457 g/mol. The lowest BCUT2D eigenvalue weighted by molar-refractivity contribution is 0.101. The summed E-state index contributed by atoms with van der Waals surface area (Å²) in [4.78, 5) is 25.7. The second-order valence-electron chi connectivity index (χ2n) is 9.37. The number of Topliss-reactive ketones (excluding diaryl/α,β-unsaturated/α-hetero) is 1. The number of aromatic amines is 1. The van der Waals surface area contributed by atoms with Gasteiger partial charge in [0.1, 0.15) is 23.4 Å². The maximum absolute atomic E-state index is 11.6. The molecule has 6 rings (SSSR count). The second-order valence-corrected chi connectivity index (χ2v) is 9.37. The highest BCUT2D eigenvalue weighted by atomic mass is 16.1. The number of H-pyrrole nitrogens is 1. The fourth-order valence-corrected chi connectivity index (χ4v) is 5.23. The third kappa shape index (κ3) is 3.41. The van der Waals surface area contributed by atoms with E-state index in [9.17, 15) is 4.79 Å². The third-order valence-electron chi connectivity index (χ3n) is 6.93. The molecule has 2 bridgehead atoms. The number of nitrogens with one attached hydrogen (secondary N) is 2. The lowest BCUT2D eigenvalue weighted by Crippen LogP contribution is -2.48. The van der Waals surface area contributed by atoms with E-state index in [-0.39, 0.29) is 5.78 Å². The Morgan fingerprint density at radius 3 is 2.65 bits per heavy atom. The molecule has 2 atom stereocenters. The predicted octanol–water partition coefficient (Wildman–Crippen LogP) is 3.13. The second kappa shape index (κ2) is 7.91. The van der Waals surface area contributed by atoms with Crippen LogP contribution in [0, 0.1) is 0 Å². The molecule has 0 spiro atoms. The van der Waals surface area contributed by atoms with Crippen molar-refractivity contribution in [1.82, 2.24) is 34.7 Å². The van der Waals surface area contributed by atoms with Gasteiger partial charge < -0.3 is 10.2 Å². The Morgan fingerprint density at radius 1 is 1.15 bits per heavy atom. The van der Waals surface area contributed by atoms with Crippen molar-refractivity contribution in [1.29, 1.82) is 0 Å². The van der Waals surface area contributed by atoms with Crippen molar-refractivity contribution in [2.45, 2.75) is 45.3 Å². The molecule has 174 valence electrons. The SMILES string of the molecule is CC(=O)c1cc(-c2cnc(Nc3ccc(N4C[C@@H]5C[C@H]4CN5C(C)C)cc3)c3ncnn23)n[nH]1. The largest absolute Gasteiger partial charge is 0.366 e. The summed E-state index contributed by atoms with van der Waals surface area (Å²) in [5.74, 6) is 0.520. The van der Waals surface area contributed by atoms with Crippen LogP contribution in [0.1, 0.15) is 37.7 Å². The van der Waals surface area contributed by atoms with Crippen molar-refractivity contribution < 1.29 is 4.79 Å². The fraction of sp³-hybridized carbons (Fsp3) is 0.375. The van der Waals surface area contributed by atoms with E-state index < -0.39 is 0 Å². The number of likely N-dealkylation sites (tertiary alicyclic amines) is 1. The average Bonchev–Trinajstić information content (AvgIpc) is 3.63. The van der Waals surface area contributed by atoms with Crippen molar-refractivity contribution in [3.05, 3.63) is 48.5 Å². The molecule has 2 saturated heterocycles. The first-order chi connectivity index (χ1) is 16.5. The molecule has 0 amide bonds. The molecule has 2 N–H and O–H groups in total. The summed E-state index contributed by atoms with van der Waals surface area (Å²) in [5.41, 5.74) is 4.45. The van der Waals surface area contributed by atoms with Crippen molar-refractivity contribution in [3.8, 4) is 11.4 Å². The van der Waals surface area contributed by atoms with Gasteiger partial charge in [-0.15, -0.1) is 0 Å². The summed E-state index contributed by atoms with van der Waals surface area (Å²) in [6.07, 6.45) is 4.42. The Bertz CT molecular complexity index is 1360. The Labute approximate surface area is 197 Å². The maximum Gasteiger partial charge on any atom is 0.199 e. The first kappa shape index (κ1) is 20.8. The minimum absolute atomic E-state index is 0.0812. The van der Waals surface area contributed by atoms with Gasteiger partial charge in [-0.2, -0.15) is 10.2 Å². The van der Waals surface area contributed by atoms with E-state index in [1.165, 1.54) is 25.4 Å². The number of anilines is 3. The zero-order valence-corrected chi connectivity index (χ0v) is 19.4. The van der Waals surface area contributed by atoms with E-state index in [0.717, 1.165) is 18.8 Å². The van der Waals surface area contributed by atoms with E-state index >= 15 is 0 Å². The van der Waals surface area contributed by atoms with Crippen LogP contribution in [0.25, 0.3) is 17.0 Å². The maximum atomic E-state index is 11.6. The zero-order valence-electron chi connectivity index (χ0n) is 19.4. The standard InChI is InChI=1S/C24H27N9O/c1-14(2)31-11-19-8-18(31)12-32(19)17-6-4-16(5-7-17)28-23-24-26-13-27-33(24)22(10-25-23)21-9-20(15(3)34)29-30-21/h4-7,9-10,13-14,18-19H,8,11-12H2,1-3H3,(H,25,28)(H,29,30)/t18-,19-/m0/s1. The molecule has 34 heavy (non-hydrogen) atoms. The first-order valence-corrected chi connectivity index (χ1v) is 11.6. The van der Waals surface area contributed by atoms with E-state index in [1.54, 1.807) is 16.8 Å². The summed E-state index contributed by atoms with van der Waals surface area (Å²) in [6, 6.07) is 12.1. The van der Waals surface area contributed by atoms with Crippen molar-refractivity contribution in [3.63, 3.8) is 0 Å². The third-order valence-corrected chi connectivity index (χ3v) is 6.93. The Kier molecular flexibility index (Phi) is 4.84. The number of hydrogen-bond acceptors (Lipinski definition) is 8. The highest BCUT2D eigenvalue weighted by Gasteiger charge is 2.43. The van der Waals surface area contributed by atoms with Gasteiger partial charge in [0.15, 0.2) is 17.2 Å². The average molecular weight is 458 g/mol. The molecule has 1 aromatic carbocycles. The number of fused-ring (bicyclic) bond motifs is 3. The molecule has 2 aliphatic heterocycles. The number of ketones is 1. The molecule has 0 unspecified atom stereocenters. The van der Waals surface area contributed by atoms with Crippen LogP contribution in [0.3, 0.4) is 0 Å². The molecule has 2 aliphatic rings. The highest BCUT2D eigenvalue weighted by Crippen LogP contribution is 2.36. The van der Waals surface area contributed by atoms with Gasteiger partial charge in [0.25, 0.3) is 0 Å². The van der Waals surface area contributed by atoms with Gasteiger partial charge in [-0.05, 0) is 50.6 Å². The molecule has 5 heterocycles. The van der Waals surface area contributed by atoms with Crippen LogP contribution >= 0.6 is 0 Å². The number of benzene rings is 1. The Morgan fingerprint density at radius 2 is 1.97 bits per heavy atom. The van der Waals surface area contributed by atoms with E-state index in [0.29, 0.717) is 46.7 Å². The molecule has 0 radical (unpaired) electrons. The minimum Gasteiger partial charge on any atom is -0.366 e. The summed E-state index contributed by atoms with van der Waals surface area (Å²) < 4.78 is 1.67. The van der Waals surface area contributed by atoms with Crippen molar-refractivity contribution >= 4 is 28.6 Å². The number of aromatic nitrogens is 6. The predicted molar refractivity (Wildman–Crippen MR) is 129 cm³/mol. The molecule has 0 saturated carbocycles. The molecule has 10 nitrogen and oxygen atoms in total. The topological polar surface area (TPSA) is 107 Å². The Balaban J connectivity index is 1.21. The van der Waals surface area contributed by atoms with Gasteiger partial charge in [0, 0.05) is 49.5 Å². The van der Waals surface area contributed by atoms with Crippen molar-refractivity contribution in [2.75, 3.05) is 23.3 Å². The lowest BCUT2D eigenvalue weighted by atomic mass is 10.2. The van der Waals surface area contributed by atoms with Crippen LogP contribution in [-0.4, -0.2) is 71.7 Å². The normalized spacial score (nSPS) is 20.1. The number of piperazine rings is 1. The quantitative estimate of drug-likeness (QED) is 0.425. The molecule has 3 aromatic heterocycles. The first-order valence-electron chi connectivity index (χ1n) is 11.6. The van der Waals surface area contributed by atoms with Crippen LogP contribution in [0.4, 0.5) is 17.2 Å². The molecule has 10 heteroatoms. The number of nitrogens with zero attached hydrogens (tertiary/aromatic N) is 7. The van der Waals surface area contributed by atoms with Gasteiger partial charge in [0.05, 0.1) is 6.20 Å². The molecule has 2 fully saturated rings. The minimum atomic E-state index is -0.0812.